The fourth-order valence-corrected chi connectivity index (χ4v) is 1.92. The molecule has 0 saturated heterocycles. The van der Waals surface area contributed by atoms with Gasteiger partial charge in [0.05, 0.1) is 5.69 Å². The number of H-pyrrole nitrogens is 1. The Balaban J connectivity index is 2.42. The van der Waals surface area contributed by atoms with Crippen molar-refractivity contribution in [3.05, 3.63) is 40.6 Å². The van der Waals surface area contributed by atoms with Crippen molar-refractivity contribution >= 4 is 12.2 Å². The molecule has 0 unspecified atom stereocenters. The van der Waals surface area contributed by atoms with Crippen LogP contribution in [0.15, 0.2) is 24.5 Å². The van der Waals surface area contributed by atoms with Crippen molar-refractivity contribution in [3.63, 3.8) is 0 Å². The summed E-state index contributed by atoms with van der Waals surface area (Å²) in [6.45, 7) is 5.06. The zero-order chi connectivity index (χ0) is 13.0. The van der Waals surface area contributed by atoms with Gasteiger partial charge in [-0.3, -0.25) is 4.98 Å². The number of nitrogens with zero attached hydrogens (tertiary/aromatic N) is 2. The van der Waals surface area contributed by atoms with Gasteiger partial charge in [0.1, 0.15) is 17.1 Å². The third kappa shape index (κ3) is 3.00. The smallest absolute Gasteiger partial charge is 0.134 e. The first-order chi connectivity index (χ1) is 8.70. The van der Waals surface area contributed by atoms with Crippen molar-refractivity contribution in [2.75, 3.05) is 6.61 Å². The van der Waals surface area contributed by atoms with E-state index < -0.39 is 0 Å². The number of nitrogens with one attached hydrogen (secondary N) is 1. The number of aryl methyl sites for hydroxylation is 1. The highest BCUT2D eigenvalue weighted by molar-refractivity contribution is 7.71. The average molecular weight is 261 g/mol. The van der Waals surface area contributed by atoms with Crippen LogP contribution in [0, 0.1) is 11.6 Å². The molecule has 0 aromatic carbocycles. The average Bonchev–Trinajstić information content (AvgIpc) is 2.36. The van der Waals surface area contributed by atoms with Crippen LogP contribution in [0.1, 0.15) is 18.3 Å². The predicted molar refractivity (Wildman–Crippen MR) is 72.7 cm³/mol. The highest BCUT2D eigenvalue weighted by atomic mass is 32.1. The van der Waals surface area contributed by atoms with Crippen LogP contribution >= 0.6 is 12.2 Å². The van der Waals surface area contributed by atoms with Crippen LogP contribution in [-0.2, 0) is 11.3 Å². The lowest BCUT2D eigenvalue weighted by Gasteiger charge is -2.08. The molecule has 4 nitrogen and oxygen atoms in total. The topological polar surface area (TPSA) is 50.8 Å². The van der Waals surface area contributed by atoms with Gasteiger partial charge in [-0.2, -0.15) is 0 Å². The summed E-state index contributed by atoms with van der Waals surface area (Å²) in [4.78, 5) is 11.6. The summed E-state index contributed by atoms with van der Waals surface area (Å²) in [6.07, 6.45) is 3.59. The molecule has 2 aromatic rings. The largest absolute Gasteiger partial charge is 0.374 e. The molecular formula is C13H15N3OS. The van der Waals surface area contributed by atoms with E-state index in [1.807, 2.05) is 32.2 Å². The van der Waals surface area contributed by atoms with Crippen LogP contribution in [0.3, 0.4) is 0 Å². The Morgan fingerprint density at radius 3 is 3.00 bits per heavy atom. The van der Waals surface area contributed by atoms with Gasteiger partial charge in [-0.05, 0) is 31.5 Å². The summed E-state index contributed by atoms with van der Waals surface area (Å²) < 4.78 is 5.91. The third-order valence-corrected chi connectivity index (χ3v) is 2.75. The number of aromatic amines is 1. The second-order valence-corrected chi connectivity index (χ2v) is 4.33. The number of hydrogen-bond donors (Lipinski definition) is 1. The Bertz CT molecular complexity index is 595. The summed E-state index contributed by atoms with van der Waals surface area (Å²) in [6, 6.07) is 3.81. The zero-order valence-corrected chi connectivity index (χ0v) is 11.3. The van der Waals surface area contributed by atoms with Crippen molar-refractivity contribution < 1.29 is 4.74 Å². The Kier molecular flexibility index (Phi) is 4.17. The van der Waals surface area contributed by atoms with E-state index in [0.717, 1.165) is 22.6 Å². The van der Waals surface area contributed by atoms with Gasteiger partial charge in [-0.25, -0.2) is 4.98 Å². The molecule has 0 atom stereocenters. The summed E-state index contributed by atoms with van der Waals surface area (Å²) in [7, 11) is 0. The van der Waals surface area contributed by atoms with Gasteiger partial charge >= 0.3 is 0 Å². The first kappa shape index (κ1) is 12.9. The lowest BCUT2D eigenvalue weighted by atomic mass is 10.1. The van der Waals surface area contributed by atoms with Gasteiger partial charge in [0.15, 0.2) is 0 Å². The maximum absolute atomic E-state index is 5.34. The lowest BCUT2D eigenvalue weighted by molar-refractivity contribution is 0.128. The molecule has 2 heterocycles. The number of rotatable bonds is 4. The Morgan fingerprint density at radius 2 is 2.28 bits per heavy atom. The summed E-state index contributed by atoms with van der Waals surface area (Å²) in [5.41, 5.74) is 3.12. The molecule has 94 valence electrons. The molecule has 0 spiro atoms. The van der Waals surface area contributed by atoms with E-state index in [1.165, 1.54) is 0 Å². The SMILES string of the molecule is CCOCc1nc(=S)cc(-c2ccncc2C)[nH]1. The van der Waals surface area contributed by atoms with E-state index in [-0.39, 0.29) is 0 Å². The molecule has 18 heavy (non-hydrogen) atoms. The van der Waals surface area contributed by atoms with Crippen LogP contribution in [0.4, 0.5) is 0 Å². The van der Waals surface area contributed by atoms with Crippen LogP contribution in [0.2, 0.25) is 0 Å². The van der Waals surface area contributed by atoms with Crippen LogP contribution in [0.5, 0.6) is 0 Å². The highest BCUT2D eigenvalue weighted by Gasteiger charge is 2.04. The molecule has 2 rings (SSSR count). The monoisotopic (exact) mass is 261 g/mol. The van der Waals surface area contributed by atoms with E-state index in [0.29, 0.717) is 17.9 Å². The highest BCUT2D eigenvalue weighted by Crippen LogP contribution is 2.20. The van der Waals surface area contributed by atoms with E-state index in [2.05, 4.69) is 15.0 Å². The molecular weight excluding hydrogens is 246 g/mol. The lowest BCUT2D eigenvalue weighted by Crippen LogP contribution is -2.01. The van der Waals surface area contributed by atoms with E-state index in [9.17, 15) is 0 Å². The van der Waals surface area contributed by atoms with Gasteiger partial charge in [-0.1, -0.05) is 12.2 Å². The van der Waals surface area contributed by atoms with Gasteiger partial charge in [-0.15, -0.1) is 0 Å². The van der Waals surface area contributed by atoms with Crippen LogP contribution in [-0.4, -0.2) is 21.6 Å². The van der Waals surface area contributed by atoms with Gasteiger partial charge in [0.25, 0.3) is 0 Å². The molecule has 0 saturated carbocycles. The van der Waals surface area contributed by atoms with Crippen molar-refractivity contribution in [1.29, 1.82) is 0 Å². The van der Waals surface area contributed by atoms with Crippen molar-refractivity contribution in [3.8, 4) is 11.3 Å². The third-order valence-electron chi connectivity index (χ3n) is 2.55. The number of pyridine rings is 1. The number of aromatic nitrogens is 3. The second kappa shape index (κ2) is 5.84. The van der Waals surface area contributed by atoms with Crippen molar-refractivity contribution in [2.24, 2.45) is 0 Å². The van der Waals surface area contributed by atoms with Crippen molar-refractivity contribution in [2.45, 2.75) is 20.5 Å². The molecule has 5 heteroatoms. The molecule has 0 bridgehead atoms. The summed E-state index contributed by atoms with van der Waals surface area (Å²) >= 11 is 5.18. The number of ether oxygens (including phenoxy) is 1. The first-order valence-electron chi connectivity index (χ1n) is 5.79. The van der Waals surface area contributed by atoms with Crippen LogP contribution in [0.25, 0.3) is 11.3 Å². The fraction of sp³-hybridized carbons (Fsp3) is 0.308. The molecule has 0 fully saturated rings. The molecule has 0 aliphatic rings. The van der Waals surface area contributed by atoms with E-state index in [4.69, 9.17) is 17.0 Å². The maximum Gasteiger partial charge on any atom is 0.134 e. The Labute approximate surface area is 111 Å². The standard InChI is InChI=1S/C13H15N3OS/c1-3-17-8-12-15-11(6-13(18)16-12)10-4-5-14-7-9(10)2/h4-7H,3,8H2,1-2H3,(H,15,16,18). The maximum atomic E-state index is 5.34. The first-order valence-corrected chi connectivity index (χ1v) is 6.20. The summed E-state index contributed by atoms with van der Waals surface area (Å²) in [5, 5.41) is 0. The van der Waals surface area contributed by atoms with E-state index >= 15 is 0 Å². The molecule has 2 aromatic heterocycles. The second-order valence-electron chi connectivity index (χ2n) is 3.91. The zero-order valence-electron chi connectivity index (χ0n) is 10.4. The Hall–Kier alpha value is -1.59. The molecule has 0 aliphatic carbocycles. The van der Waals surface area contributed by atoms with Crippen molar-refractivity contribution in [1.82, 2.24) is 15.0 Å². The quantitative estimate of drug-likeness (QED) is 0.859. The minimum atomic E-state index is 0.443. The van der Waals surface area contributed by atoms with E-state index in [1.54, 1.807) is 6.20 Å². The predicted octanol–water partition coefficient (Wildman–Crippen LogP) is 3.05. The Morgan fingerprint density at radius 1 is 1.44 bits per heavy atom. The van der Waals surface area contributed by atoms with Gasteiger partial charge < -0.3 is 9.72 Å². The van der Waals surface area contributed by atoms with Crippen LogP contribution < -0.4 is 0 Å². The minimum Gasteiger partial charge on any atom is -0.374 e. The molecule has 1 N–H and O–H groups in total. The minimum absolute atomic E-state index is 0.443. The summed E-state index contributed by atoms with van der Waals surface area (Å²) in [5.74, 6) is 0.746. The molecule has 0 aliphatic heterocycles. The van der Waals surface area contributed by atoms with Gasteiger partial charge in [0.2, 0.25) is 0 Å². The fourth-order valence-electron chi connectivity index (χ4n) is 1.70. The number of hydrogen-bond acceptors (Lipinski definition) is 4. The molecule has 0 amide bonds. The normalized spacial score (nSPS) is 10.6. The van der Waals surface area contributed by atoms with Gasteiger partial charge in [0, 0.05) is 24.6 Å². The molecule has 0 radical (unpaired) electrons.